The molecule has 0 radical (unpaired) electrons. The molecule has 2 amide bonds. The molecule has 1 aromatic carbocycles. The average Bonchev–Trinajstić information content (AvgIpc) is 3.03. The first-order chi connectivity index (χ1) is 12.1. The molecule has 1 heterocycles. The summed E-state index contributed by atoms with van der Waals surface area (Å²) in [5, 5.41) is 5.61. The van der Waals surface area contributed by atoms with Gasteiger partial charge in [-0.3, -0.25) is 9.59 Å². The van der Waals surface area contributed by atoms with E-state index in [9.17, 15) is 9.59 Å². The van der Waals surface area contributed by atoms with E-state index in [1.807, 2.05) is 37.3 Å². The van der Waals surface area contributed by atoms with Crippen LogP contribution in [0.3, 0.4) is 0 Å². The topological polar surface area (TPSA) is 58.2 Å². The number of para-hydroxylation sites is 1. The van der Waals surface area contributed by atoms with Gasteiger partial charge >= 0.3 is 0 Å². The van der Waals surface area contributed by atoms with Gasteiger partial charge < -0.3 is 10.6 Å². The first-order valence-electron chi connectivity index (χ1n) is 8.84. The molecule has 4 nitrogen and oxygen atoms in total. The number of fused-ring (bicyclic) bond motifs is 1. The smallest absolute Gasteiger partial charge is 0.261 e. The molecule has 1 aliphatic carbocycles. The van der Waals surface area contributed by atoms with E-state index in [0.717, 1.165) is 30.5 Å². The van der Waals surface area contributed by atoms with E-state index in [1.54, 1.807) is 11.3 Å². The summed E-state index contributed by atoms with van der Waals surface area (Å²) in [5.41, 5.74) is 3.20. The Morgan fingerprint density at radius 2 is 2.08 bits per heavy atom. The summed E-state index contributed by atoms with van der Waals surface area (Å²) in [6.07, 6.45) is 4.14. The molecule has 0 saturated heterocycles. The van der Waals surface area contributed by atoms with Crippen molar-refractivity contribution in [1.82, 2.24) is 5.32 Å². The number of amides is 2. The summed E-state index contributed by atoms with van der Waals surface area (Å²) >= 11 is 1.56. The van der Waals surface area contributed by atoms with Gasteiger partial charge in [-0.1, -0.05) is 32.0 Å². The molecule has 25 heavy (non-hydrogen) atoms. The third kappa shape index (κ3) is 4.28. The summed E-state index contributed by atoms with van der Waals surface area (Å²) in [6.45, 7) is 4.28. The van der Waals surface area contributed by atoms with Gasteiger partial charge in [0.25, 0.3) is 5.91 Å². The molecular formula is C20H24N2O2S. The normalized spacial score (nSPS) is 16.2. The summed E-state index contributed by atoms with van der Waals surface area (Å²) < 4.78 is 0. The van der Waals surface area contributed by atoms with Gasteiger partial charge in [-0.25, -0.2) is 0 Å². The number of benzene rings is 1. The van der Waals surface area contributed by atoms with Crippen LogP contribution in [0, 0.1) is 5.92 Å². The zero-order chi connectivity index (χ0) is 17.8. The molecule has 0 bridgehead atoms. The van der Waals surface area contributed by atoms with Crippen molar-refractivity contribution in [1.29, 1.82) is 0 Å². The predicted molar refractivity (Wildman–Crippen MR) is 102 cm³/mol. The van der Waals surface area contributed by atoms with Gasteiger partial charge in [0.05, 0.1) is 11.4 Å². The van der Waals surface area contributed by atoms with Gasteiger partial charge in [-0.2, -0.15) is 0 Å². The van der Waals surface area contributed by atoms with Crippen LogP contribution in [0.1, 0.15) is 45.9 Å². The second-order valence-electron chi connectivity index (χ2n) is 6.65. The minimum Gasteiger partial charge on any atom is -0.342 e. The highest BCUT2D eigenvalue weighted by molar-refractivity contribution is 7.14. The third-order valence-electron chi connectivity index (χ3n) is 4.63. The predicted octanol–water partition coefficient (Wildman–Crippen LogP) is 3.80. The van der Waals surface area contributed by atoms with Gasteiger partial charge in [0.15, 0.2) is 0 Å². The Morgan fingerprint density at radius 3 is 2.88 bits per heavy atom. The minimum absolute atomic E-state index is 0.0180. The second kappa shape index (κ2) is 7.83. The lowest BCUT2D eigenvalue weighted by atomic mass is 9.90. The van der Waals surface area contributed by atoms with Crippen molar-refractivity contribution in [2.75, 3.05) is 11.9 Å². The Balaban J connectivity index is 1.56. The fraction of sp³-hybridized carbons (Fsp3) is 0.400. The molecule has 1 aromatic heterocycles. The Morgan fingerprint density at radius 1 is 1.28 bits per heavy atom. The van der Waals surface area contributed by atoms with Crippen molar-refractivity contribution in [3.05, 3.63) is 51.2 Å². The number of aryl methyl sites for hydroxylation is 2. The monoisotopic (exact) mass is 356 g/mol. The maximum absolute atomic E-state index is 12.3. The Bertz CT molecular complexity index is 782. The van der Waals surface area contributed by atoms with Gasteiger partial charge in [0.1, 0.15) is 0 Å². The number of hydrogen-bond donors (Lipinski definition) is 2. The van der Waals surface area contributed by atoms with Crippen LogP contribution < -0.4 is 10.6 Å². The van der Waals surface area contributed by atoms with E-state index < -0.39 is 0 Å². The zero-order valence-corrected chi connectivity index (χ0v) is 15.5. The summed E-state index contributed by atoms with van der Waals surface area (Å²) in [5.74, 6) is 0.317. The third-order valence-corrected chi connectivity index (χ3v) is 5.87. The van der Waals surface area contributed by atoms with Crippen LogP contribution in [0.5, 0.6) is 0 Å². The van der Waals surface area contributed by atoms with E-state index in [1.165, 1.54) is 16.9 Å². The van der Waals surface area contributed by atoms with E-state index in [4.69, 9.17) is 0 Å². The molecule has 1 atom stereocenters. The molecule has 0 saturated carbocycles. The highest BCUT2D eigenvalue weighted by atomic mass is 32.1. The first-order valence-corrected chi connectivity index (χ1v) is 9.66. The molecule has 132 valence electrons. The van der Waals surface area contributed by atoms with E-state index >= 15 is 0 Å². The van der Waals surface area contributed by atoms with Gasteiger partial charge in [0.2, 0.25) is 5.91 Å². The van der Waals surface area contributed by atoms with Crippen LogP contribution in [0.25, 0.3) is 0 Å². The van der Waals surface area contributed by atoms with E-state index in [-0.39, 0.29) is 18.4 Å². The first kappa shape index (κ1) is 17.7. The number of carbonyl (C=O) groups excluding carboxylic acids is 2. The maximum atomic E-state index is 12.3. The lowest BCUT2D eigenvalue weighted by molar-refractivity contribution is -0.115. The molecule has 2 aromatic rings. The summed E-state index contributed by atoms with van der Waals surface area (Å²) in [4.78, 5) is 26.5. The Labute approximate surface area is 152 Å². The summed E-state index contributed by atoms with van der Waals surface area (Å²) in [7, 11) is 0. The van der Waals surface area contributed by atoms with E-state index in [0.29, 0.717) is 10.8 Å². The van der Waals surface area contributed by atoms with Crippen LogP contribution >= 0.6 is 11.3 Å². The van der Waals surface area contributed by atoms with Crippen LogP contribution in [0.2, 0.25) is 0 Å². The zero-order valence-electron chi connectivity index (χ0n) is 14.7. The Hall–Kier alpha value is -2.14. The van der Waals surface area contributed by atoms with Crippen molar-refractivity contribution < 1.29 is 9.59 Å². The van der Waals surface area contributed by atoms with Crippen molar-refractivity contribution in [2.45, 2.75) is 39.5 Å². The quantitative estimate of drug-likeness (QED) is 0.856. The number of carbonyl (C=O) groups is 2. The lowest BCUT2D eigenvalue weighted by Crippen LogP contribution is -2.32. The van der Waals surface area contributed by atoms with Crippen molar-refractivity contribution in [3.8, 4) is 0 Å². The molecule has 2 N–H and O–H groups in total. The molecule has 0 spiro atoms. The summed E-state index contributed by atoms with van der Waals surface area (Å²) in [6, 6.07) is 9.72. The molecule has 0 aliphatic heterocycles. The minimum atomic E-state index is -0.204. The highest BCUT2D eigenvalue weighted by Crippen LogP contribution is 2.32. The molecule has 1 aliphatic rings. The number of anilines is 1. The van der Waals surface area contributed by atoms with E-state index in [2.05, 4.69) is 17.6 Å². The highest BCUT2D eigenvalue weighted by Gasteiger charge is 2.20. The van der Waals surface area contributed by atoms with Crippen molar-refractivity contribution in [3.63, 3.8) is 0 Å². The fourth-order valence-electron chi connectivity index (χ4n) is 3.21. The van der Waals surface area contributed by atoms with Crippen LogP contribution in [-0.2, 0) is 24.1 Å². The van der Waals surface area contributed by atoms with Crippen LogP contribution in [0.4, 0.5) is 5.69 Å². The fourth-order valence-corrected chi connectivity index (χ4v) is 4.34. The standard InChI is InChI=1S/C20H24N2O2S/c1-3-14-6-4-5-7-16(14)22-19(23)12-21-20(24)18-11-15-10-13(2)8-9-17(15)25-18/h4-7,11,13H,3,8-10,12H2,1-2H3,(H,21,24)(H,22,23)/t13-/m0/s1. The van der Waals surface area contributed by atoms with Gasteiger partial charge in [-0.05, 0) is 54.9 Å². The molecule has 0 fully saturated rings. The number of hydrogen-bond acceptors (Lipinski definition) is 3. The lowest BCUT2D eigenvalue weighted by Gasteiger charge is -2.16. The van der Waals surface area contributed by atoms with Crippen molar-refractivity contribution >= 4 is 28.8 Å². The van der Waals surface area contributed by atoms with Gasteiger partial charge in [0, 0.05) is 10.6 Å². The molecule has 0 unspecified atom stereocenters. The van der Waals surface area contributed by atoms with Crippen LogP contribution in [-0.4, -0.2) is 18.4 Å². The number of nitrogens with one attached hydrogen (secondary N) is 2. The maximum Gasteiger partial charge on any atom is 0.261 e. The number of rotatable bonds is 5. The second-order valence-corrected chi connectivity index (χ2v) is 7.79. The van der Waals surface area contributed by atoms with Gasteiger partial charge in [-0.15, -0.1) is 11.3 Å². The molecule has 3 rings (SSSR count). The van der Waals surface area contributed by atoms with Crippen molar-refractivity contribution in [2.24, 2.45) is 5.92 Å². The molecular weight excluding hydrogens is 332 g/mol. The van der Waals surface area contributed by atoms with Crippen LogP contribution in [0.15, 0.2) is 30.3 Å². The number of thiophene rings is 1. The molecule has 5 heteroatoms. The Kier molecular flexibility index (Phi) is 5.53. The SMILES string of the molecule is CCc1ccccc1NC(=O)CNC(=O)c1cc2c(s1)CC[C@H](C)C2. The largest absolute Gasteiger partial charge is 0.342 e. The average molecular weight is 356 g/mol.